The third-order valence-electron chi connectivity index (χ3n) is 4.25. The highest BCUT2D eigenvalue weighted by Crippen LogP contribution is 2.25. The van der Waals surface area contributed by atoms with Crippen molar-refractivity contribution in [2.45, 2.75) is 19.3 Å². The number of aromatic carboxylic acids is 1. The Morgan fingerprint density at radius 1 is 1.03 bits per heavy atom. The summed E-state index contributed by atoms with van der Waals surface area (Å²) in [6.45, 7) is 2.05. The van der Waals surface area contributed by atoms with E-state index in [-0.39, 0.29) is 17.4 Å². The molecule has 0 radical (unpaired) electrons. The second kappa shape index (κ2) is 11.0. The van der Waals surface area contributed by atoms with Gasteiger partial charge in [0.1, 0.15) is 5.75 Å². The van der Waals surface area contributed by atoms with E-state index in [4.69, 9.17) is 10.00 Å². The molecular formula is C22H21FO6P+. The van der Waals surface area contributed by atoms with Crippen LogP contribution < -0.4 is 4.52 Å². The van der Waals surface area contributed by atoms with Crippen molar-refractivity contribution in [1.82, 2.24) is 0 Å². The molecule has 8 heteroatoms. The average molecular weight is 431 g/mol. The minimum atomic E-state index is -2.78. The van der Waals surface area contributed by atoms with Crippen LogP contribution in [0.2, 0.25) is 0 Å². The lowest BCUT2D eigenvalue weighted by atomic mass is 9.91. The van der Waals surface area contributed by atoms with E-state index in [0.717, 1.165) is 17.2 Å². The number of halogens is 1. The first-order valence-corrected chi connectivity index (χ1v) is 10.1. The molecule has 0 aliphatic rings. The lowest BCUT2D eigenvalue weighted by Gasteiger charge is -2.13. The third kappa shape index (κ3) is 6.95. The van der Waals surface area contributed by atoms with Crippen LogP contribution in [-0.4, -0.2) is 21.1 Å². The molecule has 0 aliphatic carbocycles. The Balaban J connectivity index is 0.000000248. The molecule has 0 aromatic heterocycles. The number of para-hydroxylation sites is 1. The minimum Gasteiger partial charge on any atom is -0.508 e. The van der Waals surface area contributed by atoms with Crippen molar-refractivity contribution in [2.75, 3.05) is 0 Å². The van der Waals surface area contributed by atoms with E-state index < -0.39 is 20.0 Å². The zero-order valence-corrected chi connectivity index (χ0v) is 17.0. The highest BCUT2D eigenvalue weighted by Gasteiger charge is 2.17. The Labute approximate surface area is 174 Å². The van der Waals surface area contributed by atoms with Crippen molar-refractivity contribution in [3.8, 4) is 11.5 Å². The molecule has 0 aliphatic heterocycles. The van der Waals surface area contributed by atoms with Gasteiger partial charge in [-0.15, -0.1) is 4.89 Å². The van der Waals surface area contributed by atoms with Gasteiger partial charge in [-0.3, -0.25) is 0 Å². The standard InChI is InChI=1S/C16H16O3.C6H4FO3P/c1-11(12-6-8-14(17)9-7-12)10-13-4-2-3-5-15(13)16(18)19;7-5-3-1-2-4-6(5)10-11(8)9/h2-9,11,17H,10H2,1H3,(H,18,19);1-4H/p+1. The van der Waals surface area contributed by atoms with E-state index in [1.807, 2.05) is 31.2 Å². The number of carboxylic acids is 1. The Kier molecular flexibility index (Phi) is 8.47. The molecule has 3 rings (SSSR count). The number of rotatable bonds is 6. The number of carboxylic acid groups (broad SMARTS) is 1. The molecule has 0 fully saturated rings. The average Bonchev–Trinajstić information content (AvgIpc) is 2.70. The van der Waals surface area contributed by atoms with E-state index in [2.05, 4.69) is 4.52 Å². The molecule has 3 aromatic rings. The number of hydrogen-bond donors (Lipinski definition) is 3. The van der Waals surface area contributed by atoms with Gasteiger partial charge < -0.3 is 10.2 Å². The summed E-state index contributed by atoms with van der Waals surface area (Å²) < 4.78 is 26.9. The highest BCUT2D eigenvalue weighted by molar-refractivity contribution is 7.32. The van der Waals surface area contributed by atoms with Gasteiger partial charge in [0, 0.05) is 4.57 Å². The topological polar surface area (TPSA) is 104 Å². The SMILES string of the molecule is CC(Cc1ccccc1C(=O)O)c1ccc(O)cc1.O=[P+](O)Oc1ccccc1F. The van der Waals surface area contributed by atoms with Gasteiger partial charge in [0.2, 0.25) is 5.75 Å². The summed E-state index contributed by atoms with van der Waals surface area (Å²) in [7, 11) is -2.78. The second-order valence-electron chi connectivity index (χ2n) is 6.42. The first kappa shape index (κ1) is 23.0. The van der Waals surface area contributed by atoms with Crippen molar-refractivity contribution in [3.05, 3.63) is 95.3 Å². The van der Waals surface area contributed by atoms with Gasteiger partial charge in [-0.2, -0.15) is 0 Å². The normalized spacial score (nSPS) is 11.6. The Morgan fingerprint density at radius 3 is 2.23 bits per heavy atom. The quantitative estimate of drug-likeness (QED) is 0.458. The lowest BCUT2D eigenvalue weighted by Crippen LogP contribution is -2.06. The smallest absolute Gasteiger partial charge is 0.508 e. The molecule has 0 saturated carbocycles. The fourth-order valence-corrected chi connectivity index (χ4v) is 3.08. The molecule has 3 aromatic carbocycles. The molecule has 0 bridgehead atoms. The molecule has 0 saturated heterocycles. The molecule has 30 heavy (non-hydrogen) atoms. The summed E-state index contributed by atoms with van der Waals surface area (Å²) in [6, 6.07) is 19.5. The molecule has 2 unspecified atom stereocenters. The van der Waals surface area contributed by atoms with Crippen LogP contribution in [0.5, 0.6) is 11.5 Å². The molecule has 0 amide bonds. The number of carbonyl (C=O) groups is 1. The van der Waals surface area contributed by atoms with E-state index in [1.165, 1.54) is 18.2 Å². The van der Waals surface area contributed by atoms with Crippen LogP contribution in [0.4, 0.5) is 4.39 Å². The number of hydrogen-bond acceptors (Lipinski definition) is 4. The maximum atomic E-state index is 12.6. The van der Waals surface area contributed by atoms with Crippen molar-refractivity contribution in [1.29, 1.82) is 0 Å². The van der Waals surface area contributed by atoms with Crippen molar-refractivity contribution in [2.24, 2.45) is 0 Å². The van der Waals surface area contributed by atoms with Crippen LogP contribution in [0.3, 0.4) is 0 Å². The van der Waals surface area contributed by atoms with Gasteiger partial charge in [-0.1, -0.05) is 49.4 Å². The fourth-order valence-electron chi connectivity index (χ4n) is 2.76. The third-order valence-corrected chi connectivity index (χ3v) is 4.60. The second-order valence-corrected chi connectivity index (χ2v) is 7.08. The highest BCUT2D eigenvalue weighted by atomic mass is 31.1. The van der Waals surface area contributed by atoms with Crippen LogP contribution in [0.1, 0.15) is 34.3 Å². The first-order valence-electron chi connectivity index (χ1n) is 8.96. The van der Waals surface area contributed by atoms with Crippen LogP contribution in [0.15, 0.2) is 72.8 Å². The molecule has 2 atom stereocenters. The van der Waals surface area contributed by atoms with Gasteiger partial charge in [-0.05, 0) is 53.8 Å². The lowest BCUT2D eigenvalue weighted by molar-refractivity contribution is 0.0695. The van der Waals surface area contributed by atoms with Gasteiger partial charge in [0.25, 0.3) is 0 Å². The molecule has 3 N–H and O–H groups in total. The molecular weight excluding hydrogens is 410 g/mol. The summed E-state index contributed by atoms with van der Waals surface area (Å²) in [6.07, 6.45) is 0.660. The molecule has 6 nitrogen and oxygen atoms in total. The van der Waals surface area contributed by atoms with E-state index in [1.54, 1.807) is 24.3 Å². The fraction of sp³-hybridized carbons (Fsp3) is 0.136. The Bertz CT molecular complexity index is 1010. The number of aromatic hydroxyl groups is 1. The number of phenols is 1. The van der Waals surface area contributed by atoms with Gasteiger partial charge in [0.15, 0.2) is 5.82 Å². The predicted molar refractivity (Wildman–Crippen MR) is 110 cm³/mol. The van der Waals surface area contributed by atoms with Crippen LogP contribution in [0, 0.1) is 5.82 Å². The summed E-state index contributed by atoms with van der Waals surface area (Å²) in [5.41, 5.74) is 2.27. The van der Waals surface area contributed by atoms with Gasteiger partial charge in [0.05, 0.1) is 5.56 Å². The zero-order chi connectivity index (χ0) is 22.1. The summed E-state index contributed by atoms with van der Waals surface area (Å²) >= 11 is 0. The zero-order valence-electron chi connectivity index (χ0n) is 16.1. The van der Waals surface area contributed by atoms with Crippen molar-refractivity contribution >= 4 is 14.2 Å². The monoisotopic (exact) mass is 431 g/mol. The maximum Gasteiger partial charge on any atom is 0.747 e. The maximum absolute atomic E-state index is 12.6. The summed E-state index contributed by atoms with van der Waals surface area (Å²) in [5.74, 6) is -1.32. The van der Waals surface area contributed by atoms with Gasteiger partial charge >= 0.3 is 14.2 Å². The molecule has 0 heterocycles. The summed E-state index contributed by atoms with van der Waals surface area (Å²) in [5, 5.41) is 18.4. The molecule has 0 spiro atoms. The molecule has 156 valence electrons. The minimum absolute atomic E-state index is 0.195. The summed E-state index contributed by atoms with van der Waals surface area (Å²) in [4.78, 5) is 19.4. The Morgan fingerprint density at radius 2 is 1.63 bits per heavy atom. The van der Waals surface area contributed by atoms with E-state index in [9.17, 15) is 18.9 Å². The Hall–Kier alpha value is -3.28. The number of phenolic OH excluding ortho intramolecular Hbond substituents is 1. The van der Waals surface area contributed by atoms with Crippen LogP contribution >= 0.6 is 8.25 Å². The van der Waals surface area contributed by atoms with E-state index >= 15 is 0 Å². The first-order chi connectivity index (χ1) is 14.3. The predicted octanol–water partition coefficient (Wildman–Crippen LogP) is 5.29. The largest absolute Gasteiger partial charge is 0.747 e. The van der Waals surface area contributed by atoms with Crippen molar-refractivity contribution < 1.29 is 33.4 Å². The number of benzene rings is 3. The van der Waals surface area contributed by atoms with Crippen LogP contribution in [-0.2, 0) is 11.0 Å². The van der Waals surface area contributed by atoms with Crippen LogP contribution in [0.25, 0.3) is 0 Å². The van der Waals surface area contributed by atoms with Crippen molar-refractivity contribution in [3.63, 3.8) is 0 Å². The van der Waals surface area contributed by atoms with E-state index in [0.29, 0.717) is 12.0 Å². The van der Waals surface area contributed by atoms with Gasteiger partial charge in [-0.25, -0.2) is 13.7 Å².